The van der Waals surface area contributed by atoms with E-state index in [1.165, 1.54) is 6.92 Å². The van der Waals surface area contributed by atoms with Crippen molar-refractivity contribution in [3.05, 3.63) is 35.9 Å². The second kappa shape index (κ2) is 14.0. The number of primary amides is 1. The van der Waals surface area contributed by atoms with Gasteiger partial charge >= 0.3 is 5.97 Å². The number of hydrogen-bond donors (Lipinski definition) is 7. The van der Waals surface area contributed by atoms with E-state index in [9.17, 15) is 34.2 Å². The Morgan fingerprint density at radius 2 is 1.49 bits per heavy atom. The van der Waals surface area contributed by atoms with Crippen LogP contribution in [0, 0.1) is 5.92 Å². The topological polar surface area (TPSA) is 214 Å². The molecule has 0 saturated carbocycles. The van der Waals surface area contributed by atoms with Crippen LogP contribution in [0.25, 0.3) is 0 Å². The zero-order valence-electron chi connectivity index (χ0n) is 20.1. The number of hydrogen-bond acceptors (Lipinski definition) is 7. The maximum atomic E-state index is 13.0. The number of rotatable bonds is 14. The Balaban J connectivity index is 3.04. The summed E-state index contributed by atoms with van der Waals surface area (Å²) in [4.78, 5) is 61.4. The first-order valence-electron chi connectivity index (χ1n) is 11.3. The summed E-state index contributed by atoms with van der Waals surface area (Å²) < 4.78 is 0. The second-order valence-electron chi connectivity index (χ2n) is 8.46. The Bertz CT molecular complexity index is 894. The van der Waals surface area contributed by atoms with Crippen LogP contribution in [0.3, 0.4) is 0 Å². The highest BCUT2D eigenvalue weighted by Crippen LogP contribution is 2.11. The maximum absolute atomic E-state index is 13.0. The van der Waals surface area contributed by atoms with Gasteiger partial charge in [0, 0.05) is 6.42 Å². The Morgan fingerprint density at radius 1 is 0.914 bits per heavy atom. The summed E-state index contributed by atoms with van der Waals surface area (Å²) in [7, 11) is 0. The van der Waals surface area contributed by atoms with E-state index in [1.54, 1.807) is 44.2 Å². The van der Waals surface area contributed by atoms with Crippen molar-refractivity contribution >= 4 is 29.6 Å². The number of carboxylic acid groups (broad SMARTS) is 1. The molecule has 0 bridgehead atoms. The van der Waals surface area contributed by atoms with Gasteiger partial charge in [-0.3, -0.25) is 19.2 Å². The number of carboxylic acids is 1. The van der Waals surface area contributed by atoms with Gasteiger partial charge in [0.25, 0.3) is 0 Å². The fourth-order valence-electron chi connectivity index (χ4n) is 3.16. The van der Waals surface area contributed by atoms with Gasteiger partial charge in [0.05, 0.1) is 12.5 Å². The Labute approximate surface area is 203 Å². The molecule has 0 fully saturated rings. The molecular formula is C23H35N5O7. The van der Waals surface area contributed by atoms with Gasteiger partial charge in [-0.15, -0.1) is 0 Å². The maximum Gasteiger partial charge on any atom is 0.326 e. The summed E-state index contributed by atoms with van der Waals surface area (Å²) in [6.07, 6.45) is -1.32. The van der Waals surface area contributed by atoms with Gasteiger partial charge in [0.15, 0.2) is 0 Å². The monoisotopic (exact) mass is 493 g/mol. The number of aliphatic hydroxyl groups excluding tert-OH is 1. The minimum Gasteiger partial charge on any atom is -0.480 e. The van der Waals surface area contributed by atoms with Crippen LogP contribution >= 0.6 is 0 Å². The molecule has 0 spiro atoms. The van der Waals surface area contributed by atoms with Crippen molar-refractivity contribution in [2.45, 2.75) is 70.3 Å². The number of carbonyl (C=O) groups excluding carboxylic acids is 4. The van der Waals surface area contributed by atoms with Gasteiger partial charge in [0.1, 0.15) is 24.2 Å². The molecular weight excluding hydrogens is 458 g/mol. The molecule has 0 aliphatic heterocycles. The summed E-state index contributed by atoms with van der Waals surface area (Å²) >= 11 is 0. The van der Waals surface area contributed by atoms with Gasteiger partial charge in [0.2, 0.25) is 23.6 Å². The lowest BCUT2D eigenvalue weighted by molar-refractivity contribution is -0.142. The molecule has 0 aromatic heterocycles. The molecule has 0 aliphatic carbocycles. The van der Waals surface area contributed by atoms with Crippen LogP contribution in [-0.2, 0) is 30.4 Å². The third kappa shape index (κ3) is 9.71. The molecule has 194 valence electrons. The van der Waals surface area contributed by atoms with E-state index in [4.69, 9.17) is 11.5 Å². The number of benzene rings is 1. The molecule has 12 nitrogen and oxygen atoms in total. The van der Waals surface area contributed by atoms with Crippen molar-refractivity contribution in [1.82, 2.24) is 16.0 Å². The van der Waals surface area contributed by atoms with Crippen LogP contribution in [0.15, 0.2) is 30.3 Å². The highest BCUT2D eigenvalue weighted by molar-refractivity contribution is 5.96. The normalized spacial score (nSPS) is 16.0. The summed E-state index contributed by atoms with van der Waals surface area (Å²) in [5.41, 5.74) is 11.5. The molecule has 9 N–H and O–H groups in total. The summed E-state index contributed by atoms with van der Waals surface area (Å²) in [6.45, 7) is 4.74. The average Bonchev–Trinajstić information content (AvgIpc) is 2.80. The summed E-state index contributed by atoms with van der Waals surface area (Å²) in [6, 6.07) is 3.49. The van der Waals surface area contributed by atoms with Crippen LogP contribution in [0.2, 0.25) is 0 Å². The van der Waals surface area contributed by atoms with Gasteiger partial charge in [-0.05, 0) is 18.4 Å². The largest absolute Gasteiger partial charge is 0.480 e. The molecule has 1 aromatic rings. The molecule has 6 unspecified atom stereocenters. The third-order valence-electron chi connectivity index (χ3n) is 5.55. The second-order valence-corrected chi connectivity index (χ2v) is 8.46. The van der Waals surface area contributed by atoms with Crippen molar-refractivity contribution in [2.75, 3.05) is 0 Å². The van der Waals surface area contributed by atoms with E-state index < -0.39 is 72.2 Å². The van der Waals surface area contributed by atoms with Crippen LogP contribution in [0.5, 0.6) is 0 Å². The SMILES string of the molecule is CCC(C)C(NC(=O)C(CC(N)=O)NC(=O)C(N)C(C)O)C(=O)NC(Cc1ccccc1)C(=O)O. The fourth-order valence-corrected chi connectivity index (χ4v) is 3.16. The highest BCUT2D eigenvalue weighted by atomic mass is 16.4. The van der Waals surface area contributed by atoms with E-state index in [-0.39, 0.29) is 6.42 Å². The molecule has 1 aromatic carbocycles. The molecule has 6 atom stereocenters. The summed E-state index contributed by atoms with van der Waals surface area (Å²) in [5.74, 6) is -5.07. The first-order chi connectivity index (χ1) is 16.4. The standard InChI is InChI=1S/C23H35N5O7/c1-4-12(2)19(22(33)27-16(23(34)35)10-14-8-6-5-7-9-14)28-20(31)15(11-17(24)30)26-21(32)18(25)13(3)29/h5-9,12-13,15-16,18-19,29H,4,10-11,25H2,1-3H3,(H2,24,30)(H,26,32)(H,27,33)(H,28,31)(H,34,35). The third-order valence-corrected chi connectivity index (χ3v) is 5.55. The van der Waals surface area contributed by atoms with Gasteiger partial charge < -0.3 is 37.6 Å². The van der Waals surface area contributed by atoms with Gasteiger partial charge in [-0.2, -0.15) is 0 Å². The van der Waals surface area contributed by atoms with E-state index >= 15 is 0 Å². The number of nitrogens with one attached hydrogen (secondary N) is 3. The molecule has 0 heterocycles. The summed E-state index contributed by atoms with van der Waals surface area (Å²) in [5, 5.41) is 26.3. The van der Waals surface area contributed by atoms with Crippen molar-refractivity contribution in [2.24, 2.45) is 17.4 Å². The van der Waals surface area contributed by atoms with Crippen LogP contribution < -0.4 is 27.4 Å². The fraction of sp³-hybridized carbons (Fsp3) is 0.522. The molecule has 1 rings (SSSR count). The number of aliphatic hydroxyl groups is 1. The van der Waals surface area contributed by atoms with Crippen molar-refractivity contribution in [3.63, 3.8) is 0 Å². The highest BCUT2D eigenvalue weighted by Gasteiger charge is 2.33. The zero-order chi connectivity index (χ0) is 26.7. The van der Waals surface area contributed by atoms with E-state index in [0.29, 0.717) is 12.0 Å². The molecule has 4 amide bonds. The number of aliphatic carboxylic acids is 1. The van der Waals surface area contributed by atoms with Crippen molar-refractivity contribution in [1.29, 1.82) is 0 Å². The Hall–Kier alpha value is -3.51. The number of amides is 4. The quantitative estimate of drug-likeness (QED) is 0.160. The minimum absolute atomic E-state index is 0.0284. The molecule has 0 aliphatic rings. The predicted molar refractivity (Wildman–Crippen MR) is 126 cm³/mol. The Kier molecular flexibility index (Phi) is 11.8. The number of nitrogens with two attached hydrogens (primary N) is 2. The zero-order valence-corrected chi connectivity index (χ0v) is 20.1. The molecule has 12 heteroatoms. The van der Waals surface area contributed by atoms with Gasteiger partial charge in [-0.1, -0.05) is 50.6 Å². The van der Waals surface area contributed by atoms with E-state index in [0.717, 1.165) is 0 Å². The van der Waals surface area contributed by atoms with Crippen LogP contribution in [0.4, 0.5) is 0 Å². The smallest absolute Gasteiger partial charge is 0.326 e. The minimum atomic E-state index is -1.45. The first-order valence-corrected chi connectivity index (χ1v) is 11.3. The molecule has 0 saturated heterocycles. The predicted octanol–water partition coefficient (Wildman–Crippen LogP) is -1.60. The lowest BCUT2D eigenvalue weighted by atomic mass is 9.96. The lowest BCUT2D eigenvalue weighted by Crippen LogP contribution is -2.60. The lowest BCUT2D eigenvalue weighted by Gasteiger charge is -2.28. The Morgan fingerprint density at radius 3 is 1.97 bits per heavy atom. The van der Waals surface area contributed by atoms with Crippen LogP contribution in [-0.4, -0.2) is 70.1 Å². The molecule has 35 heavy (non-hydrogen) atoms. The number of carbonyl (C=O) groups is 5. The van der Waals surface area contributed by atoms with Crippen molar-refractivity contribution < 1.29 is 34.2 Å². The van der Waals surface area contributed by atoms with Crippen LogP contribution in [0.1, 0.15) is 39.2 Å². The van der Waals surface area contributed by atoms with Crippen molar-refractivity contribution in [3.8, 4) is 0 Å². The van der Waals surface area contributed by atoms with E-state index in [1.807, 2.05) is 0 Å². The van der Waals surface area contributed by atoms with Gasteiger partial charge in [-0.25, -0.2) is 4.79 Å². The first kappa shape index (κ1) is 29.5. The van der Waals surface area contributed by atoms with E-state index in [2.05, 4.69) is 16.0 Å². The average molecular weight is 494 g/mol. The molecule has 0 radical (unpaired) electrons.